The van der Waals surface area contributed by atoms with Crippen LogP contribution in [0.15, 0.2) is 94.1 Å². The standard InChI is InChI=1S/C29H28BrN3O2S/c1-34-24-11-5-19(6-12-24)15-22-17-33(16-20-3-9-23(30)10-4-20)18-26-27(31-29(36)32-28(22)26)21-7-13-25(35-2)14-8-21/h3-15,27H,16-18H2,1-2H3,(H2,31,32,36)/b22-15+. The number of ether oxygens (including phenoxy) is 2. The second kappa shape index (κ2) is 10.9. The molecule has 1 atom stereocenters. The van der Waals surface area contributed by atoms with E-state index in [0.717, 1.165) is 52.4 Å². The van der Waals surface area contributed by atoms with Crippen molar-refractivity contribution >= 4 is 39.3 Å². The molecule has 0 saturated carbocycles. The molecule has 0 bridgehead atoms. The van der Waals surface area contributed by atoms with Gasteiger partial charge in [-0.15, -0.1) is 0 Å². The van der Waals surface area contributed by atoms with Gasteiger partial charge in [0.05, 0.1) is 20.3 Å². The second-order valence-electron chi connectivity index (χ2n) is 8.92. The fraction of sp³-hybridized carbons (Fsp3) is 0.207. The monoisotopic (exact) mass is 561 g/mol. The summed E-state index contributed by atoms with van der Waals surface area (Å²) in [4.78, 5) is 2.48. The number of methoxy groups -OCH3 is 2. The predicted octanol–water partition coefficient (Wildman–Crippen LogP) is 5.84. The summed E-state index contributed by atoms with van der Waals surface area (Å²) in [6.45, 7) is 2.49. The summed E-state index contributed by atoms with van der Waals surface area (Å²) < 4.78 is 11.8. The molecule has 3 aromatic carbocycles. The van der Waals surface area contributed by atoms with E-state index in [4.69, 9.17) is 21.7 Å². The third-order valence-electron chi connectivity index (χ3n) is 6.52. The molecule has 0 amide bonds. The number of nitrogens with zero attached hydrogens (tertiary/aromatic N) is 1. The zero-order chi connectivity index (χ0) is 25.1. The van der Waals surface area contributed by atoms with Gasteiger partial charge < -0.3 is 20.1 Å². The van der Waals surface area contributed by atoms with Gasteiger partial charge in [-0.25, -0.2) is 0 Å². The lowest BCUT2D eigenvalue weighted by atomic mass is 9.88. The molecule has 0 saturated heterocycles. The number of hydrogen-bond acceptors (Lipinski definition) is 4. The van der Waals surface area contributed by atoms with Gasteiger partial charge in [0.2, 0.25) is 0 Å². The van der Waals surface area contributed by atoms with E-state index < -0.39 is 0 Å². The van der Waals surface area contributed by atoms with Crippen molar-refractivity contribution in [3.8, 4) is 11.5 Å². The molecule has 7 heteroatoms. The van der Waals surface area contributed by atoms with Crippen LogP contribution in [0.5, 0.6) is 11.5 Å². The number of thiocarbonyl (C=S) groups is 1. The first kappa shape index (κ1) is 24.6. The molecule has 5 rings (SSSR count). The van der Waals surface area contributed by atoms with Crippen LogP contribution in [0.25, 0.3) is 6.08 Å². The zero-order valence-corrected chi connectivity index (χ0v) is 22.7. The molecular formula is C29H28BrN3O2S. The van der Waals surface area contributed by atoms with E-state index in [1.165, 1.54) is 16.7 Å². The molecule has 2 heterocycles. The molecule has 0 fully saturated rings. The molecule has 5 nitrogen and oxygen atoms in total. The summed E-state index contributed by atoms with van der Waals surface area (Å²) in [6.07, 6.45) is 2.24. The Morgan fingerprint density at radius 2 is 1.56 bits per heavy atom. The molecular weight excluding hydrogens is 534 g/mol. The fourth-order valence-corrected chi connectivity index (χ4v) is 5.21. The SMILES string of the molecule is COc1ccc(/C=C2\CN(Cc3ccc(Br)cc3)CC3=C2NC(=S)NC3c2ccc(OC)cc2)cc1. The minimum Gasteiger partial charge on any atom is -0.497 e. The first-order valence-electron chi connectivity index (χ1n) is 11.8. The highest BCUT2D eigenvalue weighted by molar-refractivity contribution is 9.10. The van der Waals surface area contributed by atoms with E-state index in [9.17, 15) is 0 Å². The number of hydrogen-bond donors (Lipinski definition) is 2. The molecule has 0 spiro atoms. The fourth-order valence-electron chi connectivity index (χ4n) is 4.73. The third kappa shape index (κ3) is 5.48. The lowest BCUT2D eigenvalue weighted by Gasteiger charge is -2.40. The lowest BCUT2D eigenvalue weighted by molar-refractivity contribution is 0.292. The Balaban J connectivity index is 1.54. The summed E-state index contributed by atoms with van der Waals surface area (Å²) in [5.74, 6) is 1.68. The van der Waals surface area contributed by atoms with Crippen LogP contribution in [0.3, 0.4) is 0 Å². The summed E-state index contributed by atoms with van der Waals surface area (Å²) >= 11 is 9.20. The van der Waals surface area contributed by atoms with Crippen molar-refractivity contribution in [1.82, 2.24) is 15.5 Å². The van der Waals surface area contributed by atoms with Crippen molar-refractivity contribution in [1.29, 1.82) is 0 Å². The number of halogens is 1. The molecule has 2 aliphatic heterocycles. The molecule has 2 N–H and O–H groups in total. The minimum atomic E-state index is -0.0216. The van der Waals surface area contributed by atoms with Crippen molar-refractivity contribution in [2.24, 2.45) is 0 Å². The molecule has 0 aromatic heterocycles. The average molecular weight is 563 g/mol. The summed E-state index contributed by atoms with van der Waals surface area (Å²) in [5, 5.41) is 7.62. The van der Waals surface area contributed by atoms with E-state index >= 15 is 0 Å². The van der Waals surface area contributed by atoms with Crippen LogP contribution in [-0.4, -0.2) is 37.3 Å². The lowest BCUT2D eigenvalue weighted by Crippen LogP contribution is -2.49. The van der Waals surface area contributed by atoms with Gasteiger partial charge in [-0.05, 0) is 82.5 Å². The topological polar surface area (TPSA) is 45.8 Å². The van der Waals surface area contributed by atoms with E-state index in [2.05, 4.69) is 86.1 Å². The first-order chi connectivity index (χ1) is 17.5. The van der Waals surface area contributed by atoms with Crippen LogP contribution in [0, 0.1) is 0 Å². The quantitative estimate of drug-likeness (QED) is 0.369. The smallest absolute Gasteiger partial charge is 0.171 e. The molecule has 1 unspecified atom stereocenters. The van der Waals surface area contributed by atoms with E-state index in [-0.39, 0.29) is 6.04 Å². The Kier molecular flexibility index (Phi) is 7.41. The van der Waals surface area contributed by atoms with E-state index in [0.29, 0.717) is 5.11 Å². The van der Waals surface area contributed by atoms with Crippen molar-refractivity contribution < 1.29 is 9.47 Å². The van der Waals surface area contributed by atoms with Gasteiger partial charge in [-0.1, -0.05) is 52.3 Å². The molecule has 184 valence electrons. The predicted molar refractivity (Wildman–Crippen MR) is 152 cm³/mol. The third-order valence-corrected chi connectivity index (χ3v) is 7.27. The zero-order valence-electron chi connectivity index (χ0n) is 20.3. The molecule has 3 aromatic rings. The van der Waals surface area contributed by atoms with Gasteiger partial charge in [0.1, 0.15) is 11.5 Å². The largest absolute Gasteiger partial charge is 0.497 e. The maximum absolute atomic E-state index is 5.65. The van der Waals surface area contributed by atoms with Gasteiger partial charge >= 0.3 is 0 Å². The Bertz CT molecular complexity index is 1300. The van der Waals surface area contributed by atoms with Crippen molar-refractivity contribution in [3.05, 3.63) is 111 Å². The van der Waals surface area contributed by atoms with Gasteiger partial charge in [0.25, 0.3) is 0 Å². The van der Waals surface area contributed by atoms with Crippen molar-refractivity contribution in [3.63, 3.8) is 0 Å². The van der Waals surface area contributed by atoms with Crippen LogP contribution in [0.2, 0.25) is 0 Å². The minimum absolute atomic E-state index is 0.0216. The summed E-state index contributed by atoms with van der Waals surface area (Å²) in [6, 6.07) is 24.9. The van der Waals surface area contributed by atoms with Crippen molar-refractivity contribution in [2.75, 3.05) is 27.3 Å². The normalized spacial score (nSPS) is 18.9. The van der Waals surface area contributed by atoms with Crippen LogP contribution in [0.4, 0.5) is 0 Å². The maximum Gasteiger partial charge on any atom is 0.171 e. The Labute approximate surface area is 225 Å². The highest BCUT2D eigenvalue weighted by Gasteiger charge is 2.33. The molecule has 2 aliphatic rings. The van der Waals surface area contributed by atoms with Crippen LogP contribution in [0.1, 0.15) is 22.7 Å². The maximum atomic E-state index is 5.65. The number of nitrogens with one attached hydrogen (secondary N) is 2. The Morgan fingerprint density at radius 3 is 2.19 bits per heavy atom. The van der Waals surface area contributed by atoms with E-state index in [1.54, 1.807) is 14.2 Å². The Morgan fingerprint density at radius 1 is 0.917 bits per heavy atom. The molecule has 0 aliphatic carbocycles. The van der Waals surface area contributed by atoms with Crippen LogP contribution in [-0.2, 0) is 6.54 Å². The van der Waals surface area contributed by atoms with E-state index in [1.807, 2.05) is 24.3 Å². The highest BCUT2D eigenvalue weighted by Crippen LogP contribution is 2.35. The summed E-state index contributed by atoms with van der Waals surface area (Å²) in [5.41, 5.74) is 7.15. The molecule has 36 heavy (non-hydrogen) atoms. The van der Waals surface area contributed by atoms with Gasteiger partial charge in [0.15, 0.2) is 5.11 Å². The van der Waals surface area contributed by atoms with Gasteiger partial charge in [-0.3, -0.25) is 4.90 Å². The van der Waals surface area contributed by atoms with Gasteiger partial charge in [-0.2, -0.15) is 0 Å². The second-order valence-corrected chi connectivity index (χ2v) is 10.2. The highest BCUT2D eigenvalue weighted by atomic mass is 79.9. The average Bonchev–Trinajstić information content (AvgIpc) is 2.90. The first-order valence-corrected chi connectivity index (χ1v) is 13.0. The Hall–Kier alpha value is -3.13. The van der Waals surface area contributed by atoms with Crippen molar-refractivity contribution in [2.45, 2.75) is 12.6 Å². The summed E-state index contributed by atoms with van der Waals surface area (Å²) in [7, 11) is 3.37. The number of rotatable bonds is 6. The van der Waals surface area contributed by atoms with Gasteiger partial charge in [0, 0.05) is 29.8 Å². The number of benzene rings is 3. The van der Waals surface area contributed by atoms with Crippen LogP contribution < -0.4 is 20.1 Å². The molecule has 0 radical (unpaired) electrons. The van der Waals surface area contributed by atoms with Crippen LogP contribution >= 0.6 is 28.1 Å².